The molecule has 0 aromatic heterocycles. The van der Waals surface area contributed by atoms with Crippen molar-refractivity contribution in [3.05, 3.63) is 12.2 Å². The van der Waals surface area contributed by atoms with Crippen LogP contribution in [0, 0.1) is 0 Å². The summed E-state index contributed by atoms with van der Waals surface area (Å²) in [6.45, 7) is 2.21. The van der Waals surface area contributed by atoms with Crippen LogP contribution in [0.2, 0.25) is 0 Å². The van der Waals surface area contributed by atoms with Gasteiger partial charge in [0.2, 0.25) is 11.8 Å². The lowest BCUT2D eigenvalue weighted by molar-refractivity contribution is -0.386. The van der Waals surface area contributed by atoms with Crippen LogP contribution < -0.4 is 10.6 Å². The number of carboxylic acids is 1. The van der Waals surface area contributed by atoms with Crippen LogP contribution in [-0.4, -0.2) is 215 Å². The van der Waals surface area contributed by atoms with Gasteiger partial charge in [0.05, 0.1) is 50.7 Å². The third-order valence-electron chi connectivity index (χ3n) is 22.5. The number of nitrogens with one attached hydrogen (secondary N) is 2. The summed E-state index contributed by atoms with van der Waals surface area (Å²) in [4.78, 5) is 38.7. The third-order valence-corrected chi connectivity index (χ3v) is 22.5. The largest absolute Gasteiger partial charge is 0.477 e. The van der Waals surface area contributed by atoms with E-state index in [-0.39, 0.29) is 12.3 Å². The van der Waals surface area contributed by atoms with Gasteiger partial charge in [-0.15, -0.1) is 0 Å². The Morgan fingerprint density at radius 1 is 0.481 bits per heavy atom. The molecular formula is C85H160N2O21. The molecule has 108 heavy (non-hydrogen) atoms. The molecule has 2 amide bonds. The fourth-order valence-electron chi connectivity index (χ4n) is 15.5. The fourth-order valence-corrected chi connectivity index (χ4v) is 15.5. The first-order chi connectivity index (χ1) is 52.4. The second-order valence-electron chi connectivity index (χ2n) is 32.1. The fraction of sp³-hybridized carbons (Fsp3) is 0.941. The lowest BCUT2D eigenvalue weighted by Gasteiger charge is -2.50. The molecule has 0 aromatic carbocycles. The minimum absolute atomic E-state index is 0.206. The lowest BCUT2D eigenvalue weighted by atomic mass is 9.88. The number of amides is 2. The number of aliphatic hydroxyl groups is 11. The molecule has 23 heteroatoms. The van der Waals surface area contributed by atoms with Gasteiger partial charge in [0, 0.05) is 19.8 Å². The van der Waals surface area contributed by atoms with Crippen LogP contribution >= 0.6 is 0 Å². The summed E-state index contributed by atoms with van der Waals surface area (Å²) in [5, 5.41) is 137. The quantitative estimate of drug-likeness (QED) is 0.0199. The highest BCUT2D eigenvalue weighted by atomic mass is 16.8. The second-order valence-corrected chi connectivity index (χ2v) is 32.1. The number of allylic oxidation sites excluding steroid dienone is 1. The van der Waals surface area contributed by atoms with Gasteiger partial charge in [-0.3, -0.25) is 9.59 Å². The Morgan fingerprint density at radius 3 is 1.23 bits per heavy atom. The zero-order valence-corrected chi connectivity index (χ0v) is 67.7. The Bertz CT molecular complexity index is 2190. The maximum atomic E-state index is 13.6. The minimum atomic E-state index is -3.08. The molecule has 3 rings (SSSR count). The molecule has 3 aliphatic heterocycles. The Balaban J connectivity index is 1.43. The molecule has 23 nitrogen and oxygen atoms in total. The van der Waals surface area contributed by atoms with Crippen LogP contribution in [0.15, 0.2) is 12.2 Å². The van der Waals surface area contributed by atoms with Gasteiger partial charge in [-0.2, -0.15) is 0 Å². The summed E-state index contributed by atoms with van der Waals surface area (Å²) < 4.78 is 35.0. The Hall–Kier alpha value is -2.53. The molecule has 3 heterocycles. The Morgan fingerprint density at radius 2 is 0.861 bits per heavy atom. The Labute approximate surface area is 651 Å². The molecule has 636 valence electrons. The van der Waals surface area contributed by atoms with Gasteiger partial charge in [-0.05, 0) is 19.3 Å². The van der Waals surface area contributed by atoms with Crippen LogP contribution in [0.3, 0.4) is 0 Å². The molecule has 14 N–H and O–H groups in total. The van der Waals surface area contributed by atoms with Crippen molar-refractivity contribution >= 4 is 17.8 Å². The number of rotatable bonds is 71. The van der Waals surface area contributed by atoms with Crippen molar-refractivity contribution in [2.24, 2.45) is 0 Å². The van der Waals surface area contributed by atoms with E-state index in [0.29, 0.717) is 12.8 Å². The van der Waals surface area contributed by atoms with Gasteiger partial charge < -0.3 is 100 Å². The first-order valence-electron chi connectivity index (χ1n) is 44.1. The molecular weight excluding hydrogens is 1380 g/mol. The molecule has 3 fully saturated rings. The molecule has 0 aromatic rings. The molecule has 0 radical (unpaired) electrons. The molecule has 18 unspecified atom stereocenters. The van der Waals surface area contributed by atoms with Gasteiger partial charge in [-0.25, -0.2) is 4.79 Å². The van der Waals surface area contributed by atoms with Crippen LogP contribution in [0.25, 0.3) is 0 Å². The van der Waals surface area contributed by atoms with Crippen LogP contribution in [0.4, 0.5) is 0 Å². The standard InChI is InChI=1S/C85H160N2O21/c1-4-6-8-10-12-14-16-18-20-22-24-25-26-27-28-29-30-31-32-33-34-35-36-37-38-39-41-43-45-47-49-51-53-55-57-59-72(95)87-66(67(92)58-56-54-52-50-48-46-44-42-40-23-21-19-17-15-13-11-9-7-5-2)64-103-82-77(99)76(98)79(71(63-90)105-82)106-83-78(100)81(75(97)70(62-89)104-83)108-85(84(101)102)60-68(93)73(86-65(3)91)80(107-85)74(96)69(94)61-88/h56,58,66-71,73-83,88-90,92-94,96-100H,4-55,57,59-64H2,1-3H3,(H,86,91)(H,87,95)(H,101,102)/b58-56+. The van der Waals surface area contributed by atoms with E-state index in [4.69, 9.17) is 28.4 Å². The zero-order chi connectivity index (χ0) is 78.8. The maximum Gasteiger partial charge on any atom is 0.364 e. The van der Waals surface area contributed by atoms with Crippen molar-refractivity contribution in [1.82, 2.24) is 10.6 Å². The second kappa shape index (κ2) is 63.7. The van der Waals surface area contributed by atoms with Crippen LogP contribution in [0.5, 0.6) is 0 Å². The van der Waals surface area contributed by atoms with E-state index >= 15 is 0 Å². The summed E-state index contributed by atoms with van der Waals surface area (Å²) in [7, 11) is 0. The van der Waals surface area contributed by atoms with E-state index in [1.807, 2.05) is 6.08 Å². The number of aliphatic hydroxyl groups excluding tert-OH is 11. The van der Waals surface area contributed by atoms with Crippen molar-refractivity contribution in [2.45, 2.75) is 484 Å². The lowest BCUT2D eigenvalue weighted by Crippen LogP contribution is -2.70. The number of carboxylic acid groups (broad SMARTS) is 1. The number of aliphatic carboxylic acids is 1. The van der Waals surface area contributed by atoms with E-state index in [1.165, 1.54) is 283 Å². The van der Waals surface area contributed by atoms with Crippen molar-refractivity contribution < 1.29 is 104 Å². The smallest absolute Gasteiger partial charge is 0.364 e. The molecule has 0 aliphatic carbocycles. The molecule has 0 bridgehead atoms. The van der Waals surface area contributed by atoms with Gasteiger partial charge in [0.25, 0.3) is 5.79 Å². The van der Waals surface area contributed by atoms with Crippen molar-refractivity contribution in [3.63, 3.8) is 0 Å². The van der Waals surface area contributed by atoms with E-state index in [2.05, 4.69) is 24.5 Å². The predicted molar refractivity (Wildman–Crippen MR) is 422 cm³/mol. The Kier molecular flexibility index (Phi) is 58.8. The van der Waals surface area contributed by atoms with Gasteiger partial charge in [0.15, 0.2) is 12.6 Å². The topological polar surface area (TPSA) is 373 Å². The van der Waals surface area contributed by atoms with Gasteiger partial charge in [-0.1, -0.05) is 347 Å². The summed E-state index contributed by atoms with van der Waals surface area (Å²) in [6.07, 6.45) is 42.7. The highest BCUT2D eigenvalue weighted by molar-refractivity contribution is 5.77. The summed E-state index contributed by atoms with van der Waals surface area (Å²) >= 11 is 0. The maximum absolute atomic E-state index is 13.6. The first-order valence-corrected chi connectivity index (χ1v) is 44.1. The van der Waals surface area contributed by atoms with Crippen LogP contribution in [-0.2, 0) is 42.8 Å². The monoisotopic (exact) mass is 1550 g/mol. The normalized spacial score (nSPS) is 25.9. The van der Waals surface area contributed by atoms with E-state index in [9.17, 15) is 75.7 Å². The van der Waals surface area contributed by atoms with Crippen LogP contribution in [0.1, 0.15) is 374 Å². The van der Waals surface area contributed by atoms with Gasteiger partial charge in [0.1, 0.15) is 67.1 Å². The first kappa shape index (κ1) is 99.7. The molecule has 3 saturated heterocycles. The minimum Gasteiger partial charge on any atom is -0.477 e. The van der Waals surface area contributed by atoms with E-state index in [1.54, 1.807) is 6.08 Å². The van der Waals surface area contributed by atoms with Crippen molar-refractivity contribution in [2.75, 3.05) is 26.4 Å². The highest BCUT2D eigenvalue weighted by Gasteiger charge is 2.60. The number of unbranched alkanes of at least 4 members (excludes halogenated alkanes) is 51. The molecule has 3 aliphatic rings. The van der Waals surface area contributed by atoms with E-state index < -0.39 is 155 Å². The van der Waals surface area contributed by atoms with Crippen molar-refractivity contribution in [1.29, 1.82) is 0 Å². The van der Waals surface area contributed by atoms with Gasteiger partial charge >= 0.3 is 5.97 Å². The third kappa shape index (κ3) is 42.7. The molecule has 0 spiro atoms. The summed E-state index contributed by atoms with van der Waals surface area (Å²) in [5.41, 5.74) is 0. The average molecular weight is 1550 g/mol. The summed E-state index contributed by atoms with van der Waals surface area (Å²) in [6, 6.07) is -2.62. The average Bonchev–Trinajstić information content (AvgIpc) is 0.753. The number of carbonyl (C=O) groups excluding carboxylic acids is 2. The number of hydrogen-bond acceptors (Lipinski definition) is 20. The highest BCUT2D eigenvalue weighted by Crippen LogP contribution is 2.39. The SMILES string of the molecule is CCCCCCCCCCCCCCCCCCC/C=C/C(O)C(COC1OC(CO)C(OC2OC(CO)C(O)C(OC3(C(=O)O)CC(O)C(NC(C)=O)C(C(O)C(O)CO)O3)C2O)C(O)C1O)NC(=O)CCCCCCCCCCCCCCCCCCCCCCCCCCCCCCCCCCCCC. The summed E-state index contributed by atoms with van der Waals surface area (Å²) in [5.74, 6) is -6.13. The van der Waals surface area contributed by atoms with E-state index in [0.717, 1.165) is 51.9 Å². The molecule has 0 saturated carbocycles. The number of hydrogen-bond donors (Lipinski definition) is 14. The molecule has 18 atom stereocenters. The predicted octanol–water partition coefficient (Wildman–Crippen LogP) is 13.3. The number of carbonyl (C=O) groups is 3. The number of ether oxygens (including phenoxy) is 6. The van der Waals surface area contributed by atoms with Crippen molar-refractivity contribution in [3.8, 4) is 0 Å². The zero-order valence-electron chi connectivity index (χ0n) is 67.7.